The Morgan fingerprint density at radius 2 is 2.09 bits per heavy atom. The van der Waals surface area contributed by atoms with E-state index < -0.39 is 5.97 Å². The molecule has 3 heterocycles. The number of nitrogens with zero attached hydrogens (tertiary/aromatic N) is 6. The molecule has 0 aromatic carbocycles. The van der Waals surface area contributed by atoms with Gasteiger partial charge in [0, 0.05) is 19.3 Å². The van der Waals surface area contributed by atoms with E-state index in [2.05, 4.69) is 25.3 Å². The van der Waals surface area contributed by atoms with E-state index in [1.165, 1.54) is 7.11 Å². The first-order chi connectivity index (χ1) is 15.9. The highest BCUT2D eigenvalue weighted by atomic mass is 16.5. The van der Waals surface area contributed by atoms with Crippen LogP contribution in [-0.4, -0.2) is 54.2 Å². The SMILES string of the molecule is COc1ccnc(OCc2c(-c3ccc(O[C@H]4CCC[C@H](C(=O)O)C4)c(C)n3)nnn2C)n1. The number of rotatable bonds is 8. The fourth-order valence-corrected chi connectivity index (χ4v) is 3.84. The highest BCUT2D eigenvalue weighted by molar-refractivity contribution is 5.70. The Hall–Kier alpha value is -3.76. The van der Waals surface area contributed by atoms with Gasteiger partial charge in [0.1, 0.15) is 23.7 Å². The van der Waals surface area contributed by atoms with Crippen LogP contribution in [0.5, 0.6) is 17.6 Å². The molecular formula is C22H26N6O5. The largest absolute Gasteiger partial charge is 0.489 e. The van der Waals surface area contributed by atoms with Crippen molar-refractivity contribution in [3.63, 3.8) is 0 Å². The van der Waals surface area contributed by atoms with Crippen molar-refractivity contribution in [2.24, 2.45) is 13.0 Å². The van der Waals surface area contributed by atoms with Crippen molar-refractivity contribution >= 4 is 5.97 Å². The van der Waals surface area contributed by atoms with Gasteiger partial charge in [-0.25, -0.2) is 14.6 Å². The molecule has 1 aliphatic carbocycles. The normalized spacial score (nSPS) is 18.0. The smallest absolute Gasteiger partial charge is 0.320 e. The second-order valence-corrected chi connectivity index (χ2v) is 7.90. The number of hydrogen-bond donors (Lipinski definition) is 1. The maximum absolute atomic E-state index is 11.3. The first-order valence-corrected chi connectivity index (χ1v) is 10.7. The minimum absolute atomic E-state index is 0.130. The molecule has 11 nitrogen and oxygen atoms in total. The van der Waals surface area contributed by atoms with E-state index in [4.69, 9.17) is 14.2 Å². The first kappa shape index (κ1) is 22.4. The average molecular weight is 454 g/mol. The highest BCUT2D eigenvalue weighted by Crippen LogP contribution is 2.30. The molecule has 11 heteroatoms. The van der Waals surface area contributed by atoms with Crippen molar-refractivity contribution in [3.05, 3.63) is 35.8 Å². The Bertz CT molecular complexity index is 1130. The third-order valence-electron chi connectivity index (χ3n) is 5.65. The predicted octanol–water partition coefficient (Wildman–Crippen LogP) is 2.59. The number of carboxylic acids is 1. The van der Waals surface area contributed by atoms with E-state index >= 15 is 0 Å². The first-order valence-electron chi connectivity index (χ1n) is 10.7. The lowest BCUT2D eigenvalue weighted by Gasteiger charge is -2.27. The molecule has 1 N–H and O–H groups in total. The third kappa shape index (κ3) is 5.18. The van der Waals surface area contributed by atoms with Gasteiger partial charge in [0.15, 0.2) is 0 Å². The van der Waals surface area contributed by atoms with Crippen LogP contribution < -0.4 is 14.2 Å². The molecule has 3 aromatic rings. The molecule has 0 aliphatic heterocycles. The van der Waals surface area contributed by atoms with Crippen LogP contribution in [0.2, 0.25) is 0 Å². The lowest BCUT2D eigenvalue weighted by Crippen LogP contribution is -2.29. The third-order valence-corrected chi connectivity index (χ3v) is 5.65. The van der Waals surface area contributed by atoms with Gasteiger partial charge in [0.25, 0.3) is 0 Å². The molecule has 3 aromatic heterocycles. The van der Waals surface area contributed by atoms with Crippen molar-refractivity contribution in [3.8, 4) is 29.0 Å². The lowest BCUT2D eigenvalue weighted by molar-refractivity contribution is -0.143. The van der Waals surface area contributed by atoms with E-state index in [0.717, 1.165) is 12.8 Å². The lowest BCUT2D eigenvalue weighted by atomic mass is 9.87. The van der Waals surface area contributed by atoms with Crippen LogP contribution in [0.15, 0.2) is 24.4 Å². The summed E-state index contributed by atoms with van der Waals surface area (Å²) >= 11 is 0. The molecule has 0 amide bonds. The van der Waals surface area contributed by atoms with Gasteiger partial charge in [-0.15, -0.1) is 5.10 Å². The zero-order valence-electron chi connectivity index (χ0n) is 18.8. The summed E-state index contributed by atoms with van der Waals surface area (Å²) in [6, 6.07) is 5.47. The second-order valence-electron chi connectivity index (χ2n) is 7.90. The van der Waals surface area contributed by atoms with Crippen LogP contribution in [0.25, 0.3) is 11.4 Å². The number of hydrogen-bond acceptors (Lipinski definition) is 9. The molecule has 1 aliphatic rings. The van der Waals surface area contributed by atoms with Crippen molar-refractivity contribution < 1.29 is 24.1 Å². The number of carbonyl (C=O) groups is 1. The number of aryl methyl sites for hydroxylation is 2. The summed E-state index contributed by atoms with van der Waals surface area (Å²) in [4.78, 5) is 24.2. The Kier molecular flexibility index (Phi) is 6.66. The molecule has 0 unspecified atom stereocenters. The average Bonchev–Trinajstić information content (AvgIpc) is 3.19. The number of carboxylic acid groups (broad SMARTS) is 1. The molecule has 4 rings (SSSR count). The van der Waals surface area contributed by atoms with E-state index in [1.54, 1.807) is 24.0 Å². The predicted molar refractivity (Wildman–Crippen MR) is 116 cm³/mol. The molecule has 0 spiro atoms. The molecule has 0 saturated heterocycles. The van der Waals surface area contributed by atoms with E-state index in [-0.39, 0.29) is 24.6 Å². The van der Waals surface area contributed by atoms with Gasteiger partial charge in [0.2, 0.25) is 5.88 Å². The Morgan fingerprint density at radius 3 is 2.85 bits per heavy atom. The topological polar surface area (TPSA) is 134 Å². The summed E-state index contributed by atoms with van der Waals surface area (Å²) < 4.78 is 18.5. The molecular weight excluding hydrogens is 428 g/mol. The standard InChI is InChI=1S/C22H26N6O5/c1-13-18(33-15-6-4-5-14(11-15)21(29)30)8-7-16(24-13)20-17(28(2)27-26-20)12-32-22-23-10-9-19(25-22)31-3/h7-10,14-15H,4-6,11-12H2,1-3H3,(H,29,30)/t14-,15-/m0/s1. The molecule has 1 saturated carbocycles. The monoisotopic (exact) mass is 454 g/mol. The van der Waals surface area contributed by atoms with Crippen molar-refractivity contribution in [1.82, 2.24) is 29.9 Å². The Labute approximate surface area is 190 Å². The van der Waals surface area contributed by atoms with E-state index in [0.29, 0.717) is 47.2 Å². The van der Waals surface area contributed by atoms with Crippen molar-refractivity contribution in [2.45, 2.75) is 45.3 Å². The summed E-state index contributed by atoms with van der Waals surface area (Å²) in [7, 11) is 3.29. The number of methoxy groups -OCH3 is 1. The maximum atomic E-state index is 11.3. The minimum atomic E-state index is -0.759. The van der Waals surface area contributed by atoms with Gasteiger partial charge in [-0.3, -0.25) is 4.79 Å². The fourth-order valence-electron chi connectivity index (χ4n) is 3.84. The van der Waals surface area contributed by atoms with E-state index in [1.807, 2.05) is 19.1 Å². The van der Waals surface area contributed by atoms with E-state index in [9.17, 15) is 9.90 Å². The molecule has 0 radical (unpaired) electrons. The molecule has 1 fully saturated rings. The Balaban J connectivity index is 1.48. The van der Waals surface area contributed by atoms with Crippen LogP contribution in [-0.2, 0) is 18.4 Å². The molecule has 0 bridgehead atoms. The van der Waals surface area contributed by atoms with Gasteiger partial charge >= 0.3 is 12.0 Å². The maximum Gasteiger partial charge on any atom is 0.320 e. The number of pyridine rings is 1. The summed E-state index contributed by atoms with van der Waals surface area (Å²) in [6.45, 7) is 2.00. The summed E-state index contributed by atoms with van der Waals surface area (Å²) in [6.07, 6.45) is 4.31. The Morgan fingerprint density at radius 1 is 1.24 bits per heavy atom. The molecule has 33 heavy (non-hydrogen) atoms. The highest BCUT2D eigenvalue weighted by Gasteiger charge is 2.28. The summed E-state index contributed by atoms with van der Waals surface area (Å²) in [5.41, 5.74) is 2.61. The fraction of sp³-hybridized carbons (Fsp3) is 0.455. The van der Waals surface area contributed by atoms with Crippen LogP contribution in [0.3, 0.4) is 0 Å². The zero-order chi connectivity index (χ0) is 23.4. The second kappa shape index (κ2) is 9.80. The van der Waals surface area contributed by atoms with Crippen LogP contribution in [0.1, 0.15) is 37.1 Å². The number of aromatic nitrogens is 6. The van der Waals surface area contributed by atoms with Crippen LogP contribution in [0.4, 0.5) is 0 Å². The van der Waals surface area contributed by atoms with Gasteiger partial charge in [-0.1, -0.05) is 5.21 Å². The summed E-state index contributed by atoms with van der Waals surface area (Å²) in [5.74, 6) is -0.0672. The van der Waals surface area contributed by atoms with Crippen molar-refractivity contribution in [2.75, 3.05) is 7.11 Å². The van der Waals surface area contributed by atoms with Gasteiger partial charge in [0.05, 0.1) is 30.5 Å². The minimum Gasteiger partial charge on any atom is -0.489 e. The molecule has 2 atom stereocenters. The molecule has 174 valence electrons. The van der Waals surface area contributed by atoms with Gasteiger partial charge in [-0.05, 0) is 44.7 Å². The van der Waals surface area contributed by atoms with Gasteiger partial charge in [-0.2, -0.15) is 4.98 Å². The van der Waals surface area contributed by atoms with Crippen LogP contribution in [0, 0.1) is 12.8 Å². The zero-order valence-corrected chi connectivity index (χ0v) is 18.8. The number of ether oxygens (including phenoxy) is 3. The van der Waals surface area contributed by atoms with Crippen LogP contribution >= 0.6 is 0 Å². The number of aliphatic carboxylic acids is 1. The quantitative estimate of drug-likeness (QED) is 0.541. The van der Waals surface area contributed by atoms with Crippen molar-refractivity contribution in [1.29, 1.82) is 0 Å². The van der Waals surface area contributed by atoms with Gasteiger partial charge < -0.3 is 19.3 Å². The summed E-state index contributed by atoms with van der Waals surface area (Å²) in [5, 5.41) is 17.7.